The second kappa shape index (κ2) is 7.83. The number of nitrogens with one attached hydrogen (secondary N) is 1. The average molecular weight is 278 g/mol. The van der Waals surface area contributed by atoms with Crippen LogP contribution < -0.4 is 10.1 Å². The second-order valence-corrected chi connectivity index (χ2v) is 3.95. The van der Waals surface area contributed by atoms with Gasteiger partial charge in [-0.3, -0.25) is 4.79 Å². The fraction of sp³-hybridized carbons (Fsp3) is 0.286. The first-order chi connectivity index (χ1) is 9.56. The summed E-state index contributed by atoms with van der Waals surface area (Å²) >= 11 is 0. The number of carbonyl (C=O) groups is 2. The predicted molar refractivity (Wildman–Crippen MR) is 76.0 cm³/mol. The second-order valence-electron chi connectivity index (χ2n) is 3.95. The van der Waals surface area contributed by atoms with Crippen LogP contribution in [0.2, 0.25) is 0 Å². The smallest absolute Gasteiger partial charge is 0.323 e. The molecule has 0 bridgehead atoms. The number of nitrogens with zero attached hydrogens (tertiary/aromatic N) is 1. The lowest BCUT2D eigenvalue weighted by Gasteiger charge is -2.19. The lowest BCUT2D eigenvalue weighted by Crippen LogP contribution is -2.38. The Balaban J connectivity index is 2.73. The quantitative estimate of drug-likeness (QED) is 0.749. The molecule has 0 radical (unpaired) electrons. The molecule has 0 fully saturated rings. The molecule has 1 aromatic rings. The molecule has 108 valence electrons. The molecule has 0 atom stereocenters. The molecule has 0 saturated heterocycles. The molecule has 6 nitrogen and oxygen atoms in total. The molecule has 0 heterocycles. The van der Waals surface area contributed by atoms with Crippen LogP contribution in [0.3, 0.4) is 0 Å². The van der Waals surface area contributed by atoms with Gasteiger partial charge in [0.1, 0.15) is 12.3 Å². The number of anilines is 1. The largest absolute Gasteiger partial charge is 0.494 e. The van der Waals surface area contributed by atoms with Crippen molar-refractivity contribution < 1.29 is 19.4 Å². The van der Waals surface area contributed by atoms with Crippen molar-refractivity contribution in [2.75, 3.05) is 25.0 Å². The number of carboxylic acids is 1. The third-order valence-corrected chi connectivity index (χ3v) is 2.36. The summed E-state index contributed by atoms with van der Waals surface area (Å²) in [5, 5.41) is 11.4. The summed E-state index contributed by atoms with van der Waals surface area (Å²) in [6, 6.07) is 6.40. The highest BCUT2D eigenvalue weighted by molar-refractivity contribution is 5.91. The van der Waals surface area contributed by atoms with Gasteiger partial charge in [0, 0.05) is 18.3 Å². The first kappa shape index (κ1) is 15.6. The molecule has 2 N–H and O–H groups in total. The van der Waals surface area contributed by atoms with E-state index >= 15 is 0 Å². The van der Waals surface area contributed by atoms with Crippen LogP contribution in [0, 0.1) is 0 Å². The van der Waals surface area contributed by atoms with E-state index in [-0.39, 0.29) is 13.1 Å². The predicted octanol–water partition coefficient (Wildman–Crippen LogP) is 2.19. The Labute approximate surface area is 117 Å². The van der Waals surface area contributed by atoms with Crippen LogP contribution in [0.1, 0.15) is 6.92 Å². The van der Waals surface area contributed by atoms with E-state index < -0.39 is 12.0 Å². The number of rotatable bonds is 7. The summed E-state index contributed by atoms with van der Waals surface area (Å²) in [4.78, 5) is 23.8. The Morgan fingerprint density at radius 2 is 2.25 bits per heavy atom. The minimum atomic E-state index is -1.08. The van der Waals surface area contributed by atoms with Gasteiger partial charge in [0.25, 0.3) is 0 Å². The molecule has 6 heteroatoms. The number of ether oxygens (including phenoxy) is 1. The van der Waals surface area contributed by atoms with Crippen molar-refractivity contribution in [2.24, 2.45) is 0 Å². The summed E-state index contributed by atoms with van der Waals surface area (Å²) in [6.45, 7) is 5.66. The topological polar surface area (TPSA) is 78.9 Å². The maximum atomic E-state index is 12.0. The van der Waals surface area contributed by atoms with E-state index in [0.29, 0.717) is 18.0 Å². The normalized spacial score (nSPS) is 9.65. The molecule has 0 unspecified atom stereocenters. The summed E-state index contributed by atoms with van der Waals surface area (Å²) in [6.07, 6.45) is 1.47. The maximum Gasteiger partial charge on any atom is 0.323 e. The number of urea groups is 1. The molecule has 0 aliphatic carbocycles. The lowest BCUT2D eigenvalue weighted by atomic mass is 10.3. The lowest BCUT2D eigenvalue weighted by molar-refractivity contribution is -0.137. The fourth-order valence-corrected chi connectivity index (χ4v) is 1.57. The van der Waals surface area contributed by atoms with Gasteiger partial charge in [-0.1, -0.05) is 12.1 Å². The summed E-state index contributed by atoms with van der Waals surface area (Å²) < 4.78 is 5.33. The molecule has 0 aliphatic heterocycles. The minimum absolute atomic E-state index is 0.156. The molecule has 0 aliphatic rings. The molecule has 2 amide bonds. The van der Waals surface area contributed by atoms with Crippen LogP contribution in [0.25, 0.3) is 0 Å². The first-order valence-corrected chi connectivity index (χ1v) is 6.18. The highest BCUT2D eigenvalue weighted by Crippen LogP contribution is 2.17. The standard InChI is InChI=1S/C14H18N2O4/c1-3-8-16(10-13(17)18)14(19)15-11-6-5-7-12(9-11)20-4-2/h3,5-7,9H,1,4,8,10H2,2H3,(H,15,19)(H,17,18). The number of amides is 2. The van der Waals surface area contributed by atoms with Gasteiger partial charge in [-0.05, 0) is 19.1 Å². The fourth-order valence-electron chi connectivity index (χ4n) is 1.57. The average Bonchev–Trinajstić information content (AvgIpc) is 2.38. The van der Waals surface area contributed by atoms with Crippen LogP contribution in [-0.2, 0) is 4.79 Å². The van der Waals surface area contributed by atoms with E-state index in [1.807, 2.05) is 6.92 Å². The zero-order valence-electron chi connectivity index (χ0n) is 11.3. The van der Waals surface area contributed by atoms with E-state index in [1.165, 1.54) is 6.08 Å². The minimum Gasteiger partial charge on any atom is -0.494 e. The van der Waals surface area contributed by atoms with E-state index in [9.17, 15) is 9.59 Å². The molecule has 0 saturated carbocycles. The molecule has 0 spiro atoms. The van der Waals surface area contributed by atoms with Gasteiger partial charge >= 0.3 is 12.0 Å². The Bertz CT molecular complexity index is 488. The van der Waals surface area contributed by atoms with Crippen molar-refractivity contribution in [3.8, 4) is 5.75 Å². The van der Waals surface area contributed by atoms with Crippen LogP contribution in [-0.4, -0.2) is 41.7 Å². The zero-order chi connectivity index (χ0) is 15.0. The number of hydrogen-bond donors (Lipinski definition) is 2. The Kier molecular flexibility index (Phi) is 6.09. The van der Waals surface area contributed by atoms with Crippen LogP contribution in [0.15, 0.2) is 36.9 Å². The number of carboxylic acid groups (broad SMARTS) is 1. The van der Waals surface area contributed by atoms with Gasteiger partial charge in [0.05, 0.1) is 6.61 Å². The van der Waals surface area contributed by atoms with Gasteiger partial charge in [0.15, 0.2) is 0 Å². The summed E-state index contributed by atoms with van der Waals surface area (Å²) in [7, 11) is 0. The van der Waals surface area contributed by atoms with E-state index in [2.05, 4.69) is 11.9 Å². The number of hydrogen-bond acceptors (Lipinski definition) is 3. The van der Waals surface area contributed by atoms with Crippen molar-refractivity contribution in [2.45, 2.75) is 6.92 Å². The van der Waals surface area contributed by atoms with Gasteiger partial charge in [-0.25, -0.2) is 4.79 Å². The number of carbonyl (C=O) groups excluding carboxylic acids is 1. The van der Waals surface area contributed by atoms with E-state index in [0.717, 1.165) is 4.90 Å². The van der Waals surface area contributed by atoms with Crippen molar-refractivity contribution in [1.29, 1.82) is 0 Å². The van der Waals surface area contributed by atoms with Crippen molar-refractivity contribution in [1.82, 2.24) is 4.90 Å². The van der Waals surface area contributed by atoms with E-state index in [1.54, 1.807) is 24.3 Å². The first-order valence-electron chi connectivity index (χ1n) is 6.18. The van der Waals surface area contributed by atoms with Crippen LogP contribution in [0.4, 0.5) is 10.5 Å². The van der Waals surface area contributed by atoms with Gasteiger partial charge in [-0.15, -0.1) is 6.58 Å². The Morgan fingerprint density at radius 3 is 2.85 bits per heavy atom. The Hall–Kier alpha value is -2.50. The summed E-state index contributed by atoms with van der Waals surface area (Å²) in [5.74, 6) is -0.441. The monoisotopic (exact) mass is 278 g/mol. The molecule has 0 aromatic heterocycles. The van der Waals surface area contributed by atoms with E-state index in [4.69, 9.17) is 9.84 Å². The summed E-state index contributed by atoms with van der Waals surface area (Å²) in [5.41, 5.74) is 0.542. The molecular weight excluding hydrogens is 260 g/mol. The number of benzene rings is 1. The third kappa shape index (κ3) is 5.01. The van der Waals surface area contributed by atoms with Crippen LogP contribution >= 0.6 is 0 Å². The SMILES string of the molecule is C=CCN(CC(=O)O)C(=O)Nc1cccc(OCC)c1. The maximum absolute atomic E-state index is 12.0. The molecule has 1 aromatic carbocycles. The van der Waals surface area contributed by atoms with Gasteiger partial charge in [0.2, 0.25) is 0 Å². The van der Waals surface area contributed by atoms with Crippen molar-refractivity contribution >= 4 is 17.7 Å². The van der Waals surface area contributed by atoms with Crippen molar-refractivity contribution in [3.05, 3.63) is 36.9 Å². The zero-order valence-corrected chi connectivity index (χ0v) is 11.3. The highest BCUT2D eigenvalue weighted by atomic mass is 16.5. The molecule has 20 heavy (non-hydrogen) atoms. The van der Waals surface area contributed by atoms with Gasteiger partial charge < -0.3 is 20.1 Å². The Morgan fingerprint density at radius 1 is 1.50 bits per heavy atom. The van der Waals surface area contributed by atoms with Crippen molar-refractivity contribution in [3.63, 3.8) is 0 Å². The molecule has 1 rings (SSSR count). The highest BCUT2D eigenvalue weighted by Gasteiger charge is 2.15. The third-order valence-electron chi connectivity index (χ3n) is 2.36. The van der Waals surface area contributed by atoms with Gasteiger partial charge in [-0.2, -0.15) is 0 Å². The van der Waals surface area contributed by atoms with Crippen LogP contribution in [0.5, 0.6) is 5.75 Å². The number of aliphatic carboxylic acids is 1. The molecular formula is C14H18N2O4.